The molecule has 1 aromatic rings. The summed E-state index contributed by atoms with van der Waals surface area (Å²) in [4.78, 5) is 2.69. The largest absolute Gasteiger partial charge is 0.385 e. The van der Waals surface area contributed by atoms with Gasteiger partial charge >= 0.3 is 0 Å². The molecule has 1 saturated heterocycles. The number of ether oxygens (including phenoxy) is 1. The second-order valence-electron chi connectivity index (χ2n) is 6.71. The van der Waals surface area contributed by atoms with Crippen molar-refractivity contribution in [2.45, 2.75) is 57.2 Å². The monoisotopic (exact) mass is 286 g/mol. The SMILES string of the molecule is c1cc(CN2CCOC3CCCCC32)c2c(c1)NCCC2. The summed E-state index contributed by atoms with van der Waals surface area (Å²) in [6, 6.07) is 7.44. The van der Waals surface area contributed by atoms with E-state index in [1.807, 2.05) is 0 Å². The van der Waals surface area contributed by atoms with Gasteiger partial charge in [0.05, 0.1) is 12.7 Å². The Morgan fingerprint density at radius 1 is 1.19 bits per heavy atom. The second-order valence-corrected chi connectivity index (χ2v) is 6.71. The van der Waals surface area contributed by atoms with Gasteiger partial charge in [0, 0.05) is 31.4 Å². The average Bonchev–Trinajstić information content (AvgIpc) is 2.56. The number of rotatable bonds is 2. The molecule has 0 amide bonds. The number of benzene rings is 1. The molecule has 1 aromatic carbocycles. The summed E-state index contributed by atoms with van der Waals surface area (Å²) < 4.78 is 6.01. The molecule has 114 valence electrons. The fourth-order valence-corrected chi connectivity index (χ4v) is 4.32. The van der Waals surface area contributed by atoms with Crippen molar-refractivity contribution in [3.05, 3.63) is 29.3 Å². The summed E-state index contributed by atoms with van der Waals surface area (Å²) in [5.41, 5.74) is 4.46. The Morgan fingerprint density at radius 3 is 3.14 bits per heavy atom. The molecule has 2 heterocycles. The van der Waals surface area contributed by atoms with Crippen molar-refractivity contribution in [3.8, 4) is 0 Å². The maximum Gasteiger partial charge on any atom is 0.0731 e. The molecule has 0 radical (unpaired) electrons. The fraction of sp³-hybridized carbons (Fsp3) is 0.667. The molecule has 1 saturated carbocycles. The Morgan fingerprint density at radius 2 is 2.14 bits per heavy atom. The highest BCUT2D eigenvalue weighted by atomic mass is 16.5. The van der Waals surface area contributed by atoms with Crippen molar-refractivity contribution in [1.82, 2.24) is 4.90 Å². The van der Waals surface area contributed by atoms with Crippen LogP contribution in [-0.2, 0) is 17.7 Å². The van der Waals surface area contributed by atoms with E-state index < -0.39 is 0 Å². The first-order chi connectivity index (χ1) is 10.4. The molecule has 2 fully saturated rings. The maximum atomic E-state index is 6.01. The fourth-order valence-electron chi connectivity index (χ4n) is 4.32. The smallest absolute Gasteiger partial charge is 0.0731 e. The lowest BCUT2D eigenvalue weighted by Crippen LogP contribution is -2.52. The number of nitrogens with one attached hydrogen (secondary N) is 1. The van der Waals surface area contributed by atoms with Crippen LogP contribution in [0.15, 0.2) is 18.2 Å². The molecule has 2 aliphatic heterocycles. The first-order valence-electron chi connectivity index (χ1n) is 8.62. The maximum absolute atomic E-state index is 6.01. The lowest BCUT2D eigenvalue weighted by atomic mass is 9.89. The molecule has 0 aromatic heterocycles. The van der Waals surface area contributed by atoms with Crippen LogP contribution in [0.25, 0.3) is 0 Å². The van der Waals surface area contributed by atoms with Crippen LogP contribution in [0.4, 0.5) is 5.69 Å². The van der Waals surface area contributed by atoms with Crippen LogP contribution in [0.1, 0.15) is 43.2 Å². The minimum atomic E-state index is 0.491. The van der Waals surface area contributed by atoms with Gasteiger partial charge in [0.15, 0.2) is 0 Å². The molecular formula is C18H26N2O. The summed E-state index contributed by atoms with van der Waals surface area (Å²) >= 11 is 0. The van der Waals surface area contributed by atoms with Crippen molar-refractivity contribution >= 4 is 5.69 Å². The summed E-state index contributed by atoms with van der Waals surface area (Å²) in [5.74, 6) is 0. The molecular weight excluding hydrogens is 260 g/mol. The predicted molar refractivity (Wildman–Crippen MR) is 85.7 cm³/mol. The summed E-state index contributed by atoms with van der Waals surface area (Å²) in [5, 5.41) is 3.55. The van der Waals surface area contributed by atoms with E-state index in [2.05, 4.69) is 28.4 Å². The molecule has 3 aliphatic rings. The molecule has 1 aliphatic carbocycles. The van der Waals surface area contributed by atoms with Gasteiger partial charge in [0.25, 0.3) is 0 Å². The van der Waals surface area contributed by atoms with Crippen LogP contribution >= 0.6 is 0 Å². The average molecular weight is 286 g/mol. The molecule has 1 N–H and O–H groups in total. The van der Waals surface area contributed by atoms with E-state index >= 15 is 0 Å². The quantitative estimate of drug-likeness (QED) is 0.903. The van der Waals surface area contributed by atoms with Gasteiger partial charge in [-0.2, -0.15) is 0 Å². The molecule has 2 unspecified atom stereocenters. The number of anilines is 1. The minimum Gasteiger partial charge on any atom is -0.385 e. The number of hydrogen-bond donors (Lipinski definition) is 1. The second kappa shape index (κ2) is 5.98. The predicted octanol–water partition coefficient (Wildman–Crippen LogP) is 3.19. The molecule has 0 spiro atoms. The Bertz CT molecular complexity index is 500. The Labute approximate surface area is 127 Å². The number of nitrogens with zero attached hydrogens (tertiary/aromatic N) is 1. The first-order valence-corrected chi connectivity index (χ1v) is 8.62. The molecule has 21 heavy (non-hydrogen) atoms. The normalized spacial score (nSPS) is 29.3. The number of fused-ring (bicyclic) bond motifs is 2. The topological polar surface area (TPSA) is 24.5 Å². The zero-order chi connectivity index (χ0) is 14.1. The van der Waals surface area contributed by atoms with Crippen LogP contribution < -0.4 is 5.32 Å². The van der Waals surface area contributed by atoms with Crippen LogP contribution in [0.3, 0.4) is 0 Å². The molecule has 2 atom stereocenters. The van der Waals surface area contributed by atoms with Crippen LogP contribution in [0.2, 0.25) is 0 Å². The van der Waals surface area contributed by atoms with E-state index in [4.69, 9.17) is 4.74 Å². The van der Waals surface area contributed by atoms with Crippen LogP contribution in [0, 0.1) is 0 Å². The Hall–Kier alpha value is -1.06. The summed E-state index contributed by atoms with van der Waals surface area (Å²) in [7, 11) is 0. The van der Waals surface area contributed by atoms with E-state index in [0.717, 1.165) is 26.2 Å². The standard InChI is InChI=1S/C18H26N2O/c1-2-9-18-17(8-1)20(11-12-21-18)13-14-5-3-7-16-15(14)6-4-10-19-16/h3,5,7,17-19H,1-2,4,6,8-13H2. The Balaban J connectivity index is 1.55. The molecule has 0 bridgehead atoms. The van der Waals surface area contributed by atoms with Crippen molar-refractivity contribution in [1.29, 1.82) is 0 Å². The zero-order valence-electron chi connectivity index (χ0n) is 12.8. The van der Waals surface area contributed by atoms with E-state index in [-0.39, 0.29) is 0 Å². The van der Waals surface area contributed by atoms with Gasteiger partial charge in [0.2, 0.25) is 0 Å². The zero-order valence-corrected chi connectivity index (χ0v) is 12.8. The Kier molecular flexibility index (Phi) is 3.87. The van der Waals surface area contributed by atoms with Gasteiger partial charge in [-0.15, -0.1) is 0 Å². The van der Waals surface area contributed by atoms with Crippen molar-refractivity contribution in [3.63, 3.8) is 0 Å². The van der Waals surface area contributed by atoms with Crippen molar-refractivity contribution in [2.75, 3.05) is 25.0 Å². The third-order valence-electron chi connectivity index (χ3n) is 5.41. The van der Waals surface area contributed by atoms with Crippen LogP contribution in [0.5, 0.6) is 0 Å². The highest BCUT2D eigenvalue weighted by Gasteiger charge is 2.34. The minimum absolute atomic E-state index is 0.491. The van der Waals surface area contributed by atoms with E-state index in [9.17, 15) is 0 Å². The van der Waals surface area contributed by atoms with Gasteiger partial charge in [0.1, 0.15) is 0 Å². The first kappa shape index (κ1) is 13.6. The van der Waals surface area contributed by atoms with Gasteiger partial charge in [-0.3, -0.25) is 4.90 Å². The van der Waals surface area contributed by atoms with Gasteiger partial charge in [-0.05, 0) is 42.9 Å². The third kappa shape index (κ3) is 2.69. The van der Waals surface area contributed by atoms with Gasteiger partial charge in [-0.1, -0.05) is 25.0 Å². The van der Waals surface area contributed by atoms with E-state index in [1.165, 1.54) is 49.8 Å². The third-order valence-corrected chi connectivity index (χ3v) is 5.41. The number of hydrogen-bond acceptors (Lipinski definition) is 3. The molecule has 4 rings (SSSR count). The molecule has 3 nitrogen and oxygen atoms in total. The highest BCUT2D eigenvalue weighted by Crippen LogP contribution is 2.32. The lowest BCUT2D eigenvalue weighted by molar-refractivity contribution is -0.0911. The van der Waals surface area contributed by atoms with Crippen molar-refractivity contribution < 1.29 is 4.74 Å². The van der Waals surface area contributed by atoms with E-state index in [1.54, 1.807) is 5.56 Å². The van der Waals surface area contributed by atoms with Gasteiger partial charge in [-0.25, -0.2) is 0 Å². The molecule has 3 heteroatoms. The summed E-state index contributed by atoms with van der Waals surface area (Å²) in [6.45, 7) is 4.24. The van der Waals surface area contributed by atoms with E-state index in [0.29, 0.717) is 12.1 Å². The van der Waals surface area contributed by atoms with Gasteiger partial charge < -0.3 is 10.1 Å². The number of morpholine rings is 1. The van der Waals surface area contributed by atoms with Crippen molar-refractivity contribution in [2.24, 2.45) is 0 Å². The summed E-state index contributed by atoms with van der Waals surface area (Å²) in [6.07, 6.45) is 8.28. The lowest BCUT2D eigenvalue weighted by Gasteiger charge is -2.44. The van der Waals surface area contributed by atoms with Crippen LogP contribution in [-0.4, -0.2) is 36.7 Å². The highest BCUT2D eigenvalue weighted by molar-refractivity contribution is 5.56.